The number of carbonyl (C=O) groups is 2. The Morgan fingerprint density at radius 1 is 1.33 bits per heavy atom. The first-order valence-electron chi connectivity index (χ1n) is 9.86. The van der Waals surface area contributed by atoms with Gasteiger partial charge in [-0.1, -0.05) is 6.92 Å². The Bertz CT molecular complexity index is 1000. The first-order chi connectivity index (χ1) is 14.5. The summed E-state index contributed by atoms with van der Waals surface area (Å²) in [5, 5.41) is 7.24. The van der Waals surface area contributed by atoms with E-state index >= 15 is 0 Å². The number of benzene rings is 1. The van der Waals surface area contributed by atoms with Crippen LogP contribution in [-0.4, -0.2) is 31.6 Å². The zero-order valence-electron chi connectivity index (χ0n) is 16.8. The molecule has 0 saturated carbocycles. The van der Waals surface area contributed by atoms with Gasteiger partial charge in [0.05, 0.1) is 18.4 Å². The van der Waals surface area contributed by atoms with Gasteiger partial charge in [0.25, 0.3) is 0 Å². The summed E-state index contributed by atoms with van der Waals surface area (Å²) < 4.78 is 15.8. The highest BCUT2D eigenvalue weighted by Gasteiger charge is 2.29. The third-order valence-corrected chi connectivity index (χ3v) is 6.16. The van der Waals surface area contributed by atoms with Crippen molar-refractivity contribution in [2.24, 2.45) is 11.0 Å². The Kier molecular flexibility index (Phi) is 5.89. The third-order valence-electron chi connectivity index (χ3n) is 4.99. The molecule has 2 heterocycles. The molecular weight excluding hydrogens is 406 g/mol. The monoisotopic (exact) mass is 429 g/mol. The molecule has 1 atom stereocenters. The molecule has 1 aromatic carbocycles. The number of anilines is 1. The minimum atomic E-state index is -0.524. The average molecular weight is 429 g/mol. The SMILES string of the molecule is CCOC(=O)c1c(NC(=O)NN=Cc2ccc3c(c2)OCO3)sc2c1CCC(C)C2. The van der Waals surface area contributed by atoms with Crippen molar-refractivity contribution in [1.82, 2.24) is 5.43 Å². The van der Waals surface area contributed by atoms with Crippen LogP contribution in [0.3, 0.4) is 0 Å². The maximum atomic E-state index is 12.5. The van der Waals surface area contributed by atoms with Crippen molar-refractivity contribution in [3.8, 4) is 11.5 Å². The Labute approximate surface area is 178 Å². The first kappa shape index (κ1) is 20.2. The maximum absolute atomic E-state index is 12.5. The lowest BCUT2D eigenvalue weighted by Crippen LogP contribution is -2.25. The minimum absolute atomic E-state index is 0.197. The van der Waals surface area contributed by atoms with Crippen LogP contribution in [0.4, 0.5) is 9.80 Å². The van der Waals surface area contributed by atoms with Crippen LogP contribution in [0.1, 0.15) is 46.6 Å². The largest absolute Gasteiger partial charge is 0.462 e. The highest BCUT2D eigenvalue weighted by molar-refractivity contribution is 7.17. The van der Waals surface area contributed by atoms with Gasteiger partial charge in [0, 0.05) is 4.88 Å². The summed E-state index contributed by atoms with van der Waals surface area (Å²) in [6.45, 7) is 4.44. The number of nitrogens with one attached hydrogen (secondary N) is 2. The van der Waals surface area contributed by atoms with Crippen molar-refractivity contribution in [1.29, 1.82) is 0 Å². The Morgan fingerprint density at radius 2 is 2.17 bits per heavy atom. The van der Waals surface area contributed by atoms with Crippen molar-refractivity contribution in [3.05, 3.63) is 39.8 Å². The van der Waals surface area contributed by atoms with Crippen molar-refractivity contribution >= 4 is 34.6 Å². The minimum Gasteiger partial charge on any atom is -0.462 e. The molecule has 8 nitrogen and oxygen atoms in total. The van der Waals surface area contributed by atoms with Gasteiger partial charge in [0.1, 0.15) is 5.00 Å². The van der Waals surface area contributed by atoms with E-state index in [9.17, 15) is 9.59 Å². The average Bonchev–Trinajstić information content (AvgIpc) is 3.31. The fourth-order valence-corrected chi connectivity index (χ4v) is 4.94. The molecule has 9 heteroatoms. The normalized spacial score (nSPS) is 16.9. The van der Waals surface area contributed by atoms with E-state index in [-0.39, 0.29) is 13.4 Å². The number of amides is 2. The van der Waals surface area contributed by atoms with Crippen molar-refractivity contribution in [2.45, 2.75) is 33.1 Å². The summed E-state index contributed by atoms with van der Waals surface area (Å²) in [6.07, 6.45) is 4.24. The predicted octanol–water partition coefficient (Wildman–Crippen LogP) is 3.93. The Morgan fingerprint density at radius 3 is 3.00 bits per heavy atom. The molecule has 30 heavy (non-hydrogen) atoms. The van der Waals surface area contributed by atoms with E-state index < -0.39 is 12.0 Å². The van der Waals surface area contributed by atoms with Gasteiger partial charge in [-0.15, -0.1) is 11.3 Å². The smallest absolute Gasteiger partial charge is 0.341 e. The molecule has 1 aliphatic carbocycles. The number of hydrogen-bond acceptors (Lipinski definition) is 7. The van der Waals surface area contributed by atoms with Crippen molar-refractivity contribution in [2.75, 3.05) is 18.7 Å². The van der Waals surface area contributed by atoms with Crippen LogP contribution in [0, 0.1) is 5.92 Å². The van der Waals surface area contributed by atoms with Gasteiger partial charge in [-0.3, -0.25) is 5.32 Å². The van der Waals surface area contributed by atoms with Crippen LogP contribution >= 0.6 is 11.3 Å². The molecule has 0 bridgehead atoms. The number of hydrogen-bond donors (Lipinski definition) is 2. The summed E-state index contributed by atoms with van der Waals surface area (Å²) in [6, 6.07) is 4.85. The number of nitrogens with zero attached hydrogens (tertiary/aromatic N) is 1. The van der Waals surface area contributed by atoms with Crippen LogP contribution < -0.4 is 20.2 Å². The highest BCUT2D eigenvalue weighted by atomic mass is 32.1. The topological polar surface area (TPSA) is 98.2 Å². The van der Waals surface area contributed by atoms with Crippen LogP contribution in [0.2, 0.25) is 0 Å². The molecule has 4 rings (SSSR count). The molecule has 1 aliphatic heterocycles. The maximum Gasteiger partial charge on any atom is 0.341 e. The number of fused-ring (bicyclic) bond motifs is 2. The summed E-state index contributed by atoms with van der Waals surface area (Å²) >= 11 is 1.44. The lowest BCUT2D eigenvalue weighted by molar-refractivity contribution is 0.0526. The van der Waals surface area contributed by atoms with Crippen molar-refractivity contribution < 1.29 is 23.8 Å². The summed E-state index contributed by atoms with van der Waals surface area (Å²) in [5.41, 5.74) is 4.66. The number of carbonyl (C=O) groups excluding carboxylic acids is 2. The van der Waals surface area contributed by atoms with Crippen molar-refractivity contribution in [3.63, 3.8) is 0 Å². The van der Waals surface area contributed by atoms with Crippen LogP contribution in [0.15, 0.2) is 23.3 Å². The number of thiophene rings is 1. The second-order valence-electron chi connectivity index (χ2n) is 7.21. The molecular formula is C21H23N3O5S. The first-order valence-corrected chi connectivity index (χ1v) is 10.7. The molecule has 2 aliphatic rings. The molecule has 2 N–H and O–H groups in total. The molecule has 0 radical (unpaired) electrons. The van der Waals surface area contributed by atoms with Gasteiger partial charge in [-0.05, 0) is 61.4 Å². The molecule has 0 spiro atoms. The van der Waals surface area contributed by atoms with Gasteiger partial charge in [-0.25, -0.2) is 15.0 Å². The number of ether oxygens (including phenoxy) is 3. The lowest BCUT2D eigenvalue weighted by Gasteiger charge is -2.18. The second-order valence-corrected chi connectivity index (χ2v) is 8.32. The van der Waals surface area contributed by atoms with E-state index in [2.05, 4.69) is 22.8 Å². The molecule has 0 saturated heterocycles. The third kappa shape index (κ3) is 4.25. The fourth-order valence-electron chi connectivity index (χ4n) is 3.55. The Hall–Kier alpha value is -3.07. The summed E-state index contributed by atoms with van der Waals surface area (Å²) in [5.74, 6) is 1.48. The van der Waals surface area contributed by atoms with E-state index in [1.165, 1.54) is 17.6 Å². The predicted molar refractivity (Wildman–Crippen MR) is 114 cm³/mol. The van der Waals surface area contributed by atoms with Crippen LogP contribution in [0.5, 0.6) is 11.5 Å². The Balaban J connectivity index is 1.45. The molecule has 2 amide bonds. The standard InChI is InChI=1S/C21H23N3O5S/c1-3-27-20(25)18-14-6-4-12(2)8-17(14)30-19(18)23-21(26)24-22-10-13-5-7-15-16(9-13)29-11-28-15/h5,7,9-10,12H,3-4,6,8,11H2,1-2H3,(H2,23,24,26). The van der Waals surface area contributed by atoms with E-state index in [0.717, 1.165) is 35.3 Å². The van der Waals surface area contributed by atoms with E-state index in [1.54, 1.807) is 19.1 Å². The molecule has 158 valence electrons. The van der Waals surface area contributed by atoms with Gasteiger partial charge < -0.3 is 14.2 Å². The van der Waals surface area contributed by atoms with E-state index in [1.807, 2.05) is 6.07 Å². The summed E-state index contributed by atoms with van der Waals surface area (Å²) in [4.78, 5) is 26.0. The van der Waals surface area contributed by atoms with Crippen LogP contribution in [-0.2, 0) is 17.6 Å². The highest BCUT2D eigenvalue weighted by Crippen LogP contribution is 2.40. The zero-order valence-corrected chi connectivity index (χ0v) is 17.6. The lowest BCUT2D eigenvalue weighted by atomic mass is 9.88. The molecule has 1 aromatic heterocycles. The number of esters is 1. The van der Waals surface area contributed by atoms with Gasteiger partial charge in [0.2, 0.25) is 6.79 Å². The van der Waals surface area contributed by atoms with E-state index in [4.69, 9.17) is 14.2 Å². The van der Waals surface area contributed by atoms with Gasteiger partial charge >= 0.3 is 12.0 Å². The fraction of sp³-hybridized carbons (Fsp3) is 0.381. The van der Waals surface area contributed by atoms with Crippen LogP contribution in [0.25, 0.3) is 0 Å². The summed E-state index contributed by atoms with van der Waals surface area (Å²) in [7, 11) is 0. The molecule has 1 unspecified atom stereocenters. The van der Waals surface area contributed by atoms with Gasteiger partial charge in [0.15, 0.2) is 11.5 Å². The molecule has 0 fully saturated rings. The number of hydrazone groups is 1. The van der Waals surface area contributed by atoms with Gasteiger partial charge in [-0.2, -0.15) is 5.10 Å². The zero-order chi connectivity index (χ0) is 21.1. The molecule has 2 aromatic rings. The van der Waals surface area contributed by atoms with E-state index in [0.29, 0.717) is 28.0 Å². The number of urea groups is 1. The second kappa shape index (κ2) is 8.74. The number of rotatable bonds is 5. The quantitative estimate of drug-likeness (QED) is 0.426.